The zero-order valence-corrected chi connectivity index (χ0v) is 40.9. The topological polar surface area (TPSA) is 287 Å². The molecule has 0 aromatic rings. The number of aliphatic hydroxyl groups excluding tert-OH is 8. The van der Waals surface area contributed by atoms with E-state index in [1.165, 1.54) is 31.4 Å². The highest BCUT2D eigenvalue weighted by atomic mass is 31.2. The van der Waals surface area contributed by atoms with E-state index in [1.54, 1.807) is 0 Å². The maximum absolute atomic E-state index is 13.5. The summed E-state index contributed by atoms with van der Waals surface area (Å²) in [5, 5.41) is 90.1. The van der Waals surface area contributed by atoms with Crippen molar-refractivity contribution < 1.29 is 83.2 Å². The predicted molar refractivity (Wildman–Crippen MR) is 251 cm³/mol. The van der Waals surface area contributed by atoms with Crippen molar-refractivity contribution in [3.8, 4) is 0 Å². The number of rotatable bonds is 23. The quantitative estimate of drug-likeness (QED) is 0.0256. The van der Waals surface area contributed by atoms with Gasteiger partial charge in [0.15, 0.2) is 6.10 Å². The van der Waals surface area contributed by atoms with Crippen molar-refractivity contribution in [2.24, 2.45) is 11.8 Å². The Bertz CT molecular complexity index is 1510. The normalized spacial score (nSPS) is 32.0. The fourth-order valence-corrected chi connectivity index (χ4v) is 9.23. The van der Waals surface area contributed by atoms with E-state index in [4.69, 9.17) is 18.5 Å². The standard InChI is InChI=1S/C49H85O17P/c1-3-5-7-8-9-10-11-12-13-14-15-16-17-18-19-20-22-28-43(55)65-37-33-63-42(54)27-24-23-26-36(51)31-39-41(53)32-40(52)38(30-29-35(50)25-21-6-4-2)44(56)47(59)49(48(60)46(58)45(39)57)66-67(61,62)64-34-37/h9-10,12-13,29-30,35,37-41,44-50,52-53,56-60H,3-8,11,14-28,31-34H2,1-2H3,(H,61,62)/b10-9-,13-12-,30-29+/t35-,37+,38-,39-,40+,41-,44+,45+,46-,47+,48+,49+/m0/s1. The van der Waals surface area contributed by atoms with E-state index < -0.39 is 124 Å². The van der Waals surface area contributed by atoms with Crippen molar-refractivity contribution in [3.63, 3.8) is 0 Å². The average molecular weight is 977 g/mol. The largest absolute Gasteiger partial charge is 0.472 e. The Morgan fingerprint density at radius 1 is 0.731 bits per heavy atom. The first kappa shape index (κ1) is 60.7. The molecule has 1 saturated heterocycles. The SMILES string of the molecule is CCCCC/C=C\C/C=C\CCCCCCCCCC(=O)O[C@@H]1COC(=O)CCCCC(=O)C[C@@H]2[C@@H](O)[C@H](O)[C@@H](O)[C@H](OP(=O)(O)OC1)[C@H](O)[C@H](O)[C@@H](/C=C/[C@@H](O)CCCCC)[C@H](O)C[C@@H]2O. The number of phosphoric acid groups is 1. The maximum Gasteiger partial charge on any atom is 0.472 e. The molecule has 2 aliphatic rings. The van der Waals surface area contributed by atoms with Gasteiger partial charge in [-0.1, -0.05) is 115 Å². The van der Waals surface area contributed by atoms with E-state index in [1.807, 2.05) is 6.92 Å². The van der Waals surface area contributed by atoms with E-state index in [-0.39, 0.29) is 32.1 Å². The monoisotopic (exact) mass is 977 g/mol. The number of allylic oxidation sites excluding steroid dienone is 4. The fraction of sp³-hybridized carbons (Fsp3) is 0.816. The summed E-state index contributed by atoms with van der Waals surface area (Å²) in [4.78, 5) is 49.7. The van der Waals surface area contributed by atoms with Crippen LogP contribution in [0.3, 0.4) is 0 Å². The van der Waals surface area contributed by atoms with Crippen LogP contribution in [0.5, 0.6) is 0 Å². The van der Waals surface area contributed by atoms with Crippen LogP contribution in [0, 0.1) is 11.8 Å². The van der Waals surface area contributed by atoms with Crippen LogP contribution in [0.15, 0.2) is 36.5 Å². The molecule has 0 amide bonds. The van der Waals surface area contributed by atoms with Crippen LogP contribution in [-0.4, -0.2) is 138 Å². The Morgan fingerprint density at radius 2 is 1.33 bits per heavy atom. The highest BCUT2D eigenvalue weighted by Crippen LogP contribution is 2.47. The van der Waals surface area contributed by atoms with Gasteiger partial charge < -0.3 is 55.2 Å². The summed E-state index contributed by atoms with van der Waals surface area (Å²) in [6.45, 7) is 2.69. The number of Topliss-reactive ketones (excluding diaryl/α,β-unsaturated/α-hetero) is 1. The average Bonchev–Trinajstić information content (AvgIpc) is 3.29. The molecule has 0 radical (unpaired) electrons. The molecular formula is C49H85O17P. The number of carbonyl (C=O) groups excluding carboxylic acids is 3. The van der Waals surface area contributed by atoms with Gasteiger partial charge in [0.2, 0.25) is 0 Å². The van der Waals surface area contributed by atoms with Crippen molar-refractivity contribution in [3.05, 3.63) is 36.5 Å². The van der Waals surface area contributed by atoms with Crippen molar-refractivity contribution in [2.45, 2.75) is 229 Å². The molecule has 0 aromatic heterocycles. The number of ketones is 1. The lowest BCUT2D eigenvalue weighted by Crippen LogP contribution is -2.56. The van der Waals surface area contributed by atoms with Gasteiger partial charge in [-0.3, -0.25) is 23.4 Å². The number of esters is 2. The summed E-state index contributed by atoms with van der Waals surface area (Å²) in [5.74, 6) is -5.04. The summed E-state index contributed by atoms with van der Waals surface area (Å²) in [7, 11) is -5.50. The number of hydrogen-bond acceptors (Lipinski definition) is 16. The third-order valence-corrected chi connectivity index (χ3v) is 13.4. The number of carbonyl (C=O) groups is 3. The number of phosphoric ester groups is 1. The first-order valence-electron chi connectivity index (χ1n) is 25.0. The van der Waals surface area contributed by atoms with Gasteiger partial charge in [-0.05, 0) is 57.8 Å². The van der Waals surface area contributed by atoms with Gasteiger partial charge in [0, 0.05) is 43.9 Å². The molecule has 1 aliphatic heterocycles. The van der Waals surface area contributed by atoms with Crippen molar-refractivity contribution in [2.75, 3.05) is 13.2 Å². The molecule has 1 saturated carbocycles. The van der Waals surface area contributed by atoms with Gasteiger partial charge in [-0.25, -0.2) is 4.57 Å². The minimum absolute atomic E-state index is 0.00487. The Kier molecular flexibility index (Phi) is 31.6. The van der Waals surface area contributed by atoms with E-state index in [9.17, 15) is 64.7 Å². The molecule has 1 heterocycles. The van der Waals surface area contributed by atoms with Crippen molar-refractivity contribution >= 4 is 25.5 Å². The lowest BCUT2D eigenvalue weighted by atomic mass is 9.82. The summed E-state index contributed by atoms with van der Waals surface area (Å²) in [6, 6.07) is 0. The molecule has 9 N–H and O–H groups in total. The van der Waals surface area contributed by atoms with E-state index in [0.717, 1.165) is 70.6 Å². The zero-order chi connectivity index (χ0) is 49.6. The Hall–Kier alpha value is -2.38. The summed E-state index contributed by atoms with van der Waals surface area (Å²) in [6.07, 6.45) is 6.13. The molecule has 18 heteroatoms. The van der Waals surface area contributed by atoms with Gasteiger partial charge in [0.1, 0.15) is 36.8 Å². The zero-order valence-electron chi connectivity index (χ0n) is 40.0. The second-order valence-electron chi connectivity index (χ2n) is 18.3. The number of ether oxygens (including phenoxy) is 2. The van der Waals surface area contributed by atoms with Gasteiger partial charge in [-0.15, -0.1) is 0 Å². The molecule has 0 aromatic carbocycles. The Morgan fingerprint density at radius 3 is 2.00 bits per heavy atom. The van der Waals surface area contributed by atoms with Crippen LogP contribution in [-0.2, 0) is 37.5 Å². The molecule has 2 rings (SSSR count). The third-order valence-electron chi connectivity index (χ3n) is 12.4. The predicted octanol–water partition coefficient (Wildman–Crippen LogP) is 5.73. The van der Waals surface area contributed by atoms with Gasteiger partial charge in [0.25, 0.3) is 0 Å². The molecule has 17 nitrogen and oxygen atoms in total. The first-order chi connectivity index (χ1) is 32.0. The first-order valence-corrected chi connectivity index (χ1v) is 26.5. The molecular weight excluding hydrogens is 891 g/mol. The molecule has 67 heavy (non-hydrogen) atoms. The summed E-state index contributed by atoms with van der Waals surface area (Å²) < 4.78 is 34.7. The minimum Gasteiger partial charge on any atom is -0.462 e. The van der Waals surface area contributed by atoms with E-state index in [0.29, 0.717) is 19.3 Å². The second kappa shape index (κ2) is 34.8. The number of hydrogen-bond donors (Lipinski definition) is 9. The van der Waals surface area contributed by atoms with Gasteiger partial charge in [-0.2, -0.15) is 0 Å². The molecule has 1 aliphatic carbocycles. The number of unbranched alkanes of at least 4 members (excludes halogenated alkanes) is 12. The maximum atomic E-state index is 13.5. The van der Waals surface area contributed by atoms with Gasteiger partial charge in [0.05, 0.1) is 37.1 Å². The van der Waals surface area contributed by atoms with Crippen LogP contribution in [0.2, 0.25) is 0 Å². The highest BCUT2D eigenvalue weighted by molar-refractivity contribution is 7.47. The molecule has 2 fully saturated rings. The van der Waals surface area contributed by atoms with Gasteiger partial charge >= 0.3 is 19.8 Å². The number of fused-ring (bicyclic) bond motifs is 4. The fourth-order valence-electron chi connectivity index (χ4n) is 8.26. The molecule has 2 bridgehead atoms. The second-order valence-corrected chi connectivity index (χ2v) is 19.7. The van der Waals surface area contributed by atoms with Crippen LogP contribution in [0.25, 0.3) is 0 Å². The van der Waals surface area contributed by atoms with Crippen LogP contribution in [0.4, 0.5) is 0 Å². The Labute approximate surface area is 398 Å². The third kappa shape index (κ3) is 25.3. The summed E-state index contributed by atoms with van der Waals surface area (Å²) >= 11 is 0. The molecule has 13 atom stereocenters. The van der Waals surface area contributed by atoms with Crippen molar-refractivity contribution in [1.82, 2.24) is 0 Å². The number of aliphatic hydroxyl groups is 8. The van der Waals surface area contributed by atoms with Crippen LogP contribution >= 0.6 is 7.82 Å². The molecule has 0 spiro atoms. The van der Waals surface area contributed by atoms with Crippen LogP contribution < -0.4 is 0 Å². The lowest BCUT2D eigenvalue weighted by molar-refractivity contribution is -0.168. The summed E-state index contributed by atoms with van der Waals surface area (Å²) in [5.41, 5.74) is 0. The van der Waals surface area contributed by atoms with E-state index >= 15 is 0 Å². The molecule has 388 valence electrons. The smallest absolute Gasteiger partial charge is 0.462 e. The molecule has 1 unspecified atom stereocenters. The number of cyclic esters (lactones) is 1. The van der Waals surface area contributed by atoms with Crippen LogP contribution in [0.1, 0.15) is 168 Å². The van der Waals surface area contributed by atoms with E-state index in [2.05, 4.69) is 31.2 Å². The lowest BCUT2D eigenvalue weighted by Gasteiger charge is -2.37. The Balaban J connectivity index is 2.18. The highest BCUT2D eigenvalue weighted by Gasteiger charge is 2.49. The van der Waals surface area contributed by atoms with Crippen molar-refractivity contribution in [1.29, 1.82) is 0 Å². The minimum atomic E-state index is -5.50.